The molecule has 0 aliphatic rings. The van der Waals surface area contributed by atoms with Gasteiger partial charge in [-0.15, -0.1) is 0 Å². The van der Waals surface area contributed by atoms with E-state index in [4.69, 9.17) is 10.2 Å². The molecule has 0 radical (unpaired) electrons. The van der Waals surface area contributed by atoms with E-state index in [0.717, 1.165) is 0 Å². The van der Waals surface area contributed by atoms with Gasteiger partial charge in [0, 0.05) is 26.2 Å². The molecule has 1 rings (SSSR count). The van der Waals surface area contributed by atoms with Crippen LogP contribution < -0.4 is 5.32 Å². The summed E-state index contributed by atoms with van der Waals surface area (Å²) in [4.78, 5) is 14.4. The zero-order chi connectivity index (χ0) is 13.4. The second-order valence-electron chi connectivity index (χ2n) is 3.97. The van der Waals surface area contributed by atoms with Crippen LogP contribution in [-0.2, 0) is 0 Å². The molecule has 18 heavy (non-hydrogen) atoms. The van der Waals surface area contributed by atoms with Crippen LogP contribution >= 0.6 is 0 Å². The Morgan fingerprint density at radius 1 is 0.944 bits per heavy atom. The molecule has 7 heteroatoms. The minimum atomic E-state index is 0.0873. The van der Waals surface area contributed by atoms with Gasteiger partial charge < -0.3 is 15.5 Å². The number of aliphatic hydroxyl groups is 2. The monoisotopic (exact) mass is 255 g/mol. The number of aromatic nitrogens is 3. The van der Waals surface area contributed by atoms with Crippen LogP contribution in [0.5, 0.6) is 0 Å². The molecule has 0 fully saturated rings. The second-order valence-corrected chi connectivity index (χ2v) is 3.97. The van der Waals surface area contributed by atoms with Crippen LogP contribution in [-0.4, -0.2) is 69.5 Å². The first-order chi connectivity index (χ1) is 8.65. The number of hydrogen-bond donors (Lipinski definition) is 3. The lowest BCUT2D eigenvalue weighted by molar-refractivity contribution is 0.165. The summed E-state index contributed by atoms with van der Waals surface area (Å²) in [5.41, 5.74) is 0. The number of nitrogens with zero attached hydrogens (tertiary/aromatic N) is 4. The van der Waals surface area contributed by atoms with E-state index in [-0.39, 0.29) is 13.2 Å². The van der Waals surface area contributed by atoms with Crippen molar-refractivity contribution < 1.29 is 10.2 Å². The van der Waals surface area contributed by atoms with Crippen molar-refractivity contribution in [2.75, 3.05) is 44.7 Å². The van der Waals surface area contributed by atoms with Crippen molar-refractivity contribution in [2.45, 2.75) is 13.8 Å². The van der Waals surface area contributed by atoms with Gasteiger partial charge in [0.15, 0.2) is 0 Å². The van der Waals surface area contributed by atoms with Gasteiger partial charge in [-0.25, -0.2) is 4.98 Å². The van der Waals surface area contributed by atoms with E-state index in [2.05, 4.69) is 20.3 Å². The zero-order valence-corrected chi connectivity index (χ0v) is 10.9. The van der Waals surface area contributed by atoms with Gasteiger partial charge >= 0.3 is 0 Å². The van der Waals surface area contributed by atoms with Gasteiger partial charge in [0.25, 0.3) is 0 Å². The fourth-order valence-corrected chi connectivity index (χ4v) is 1.64. The first-order valence-corrected chi connectivity index (χ1v) is 6.03. The number of aliphatic hydroxyl groups excluding tert-OH is 2. The molecule has 1 aromatic rings. The Morgan fingerprint density at radius 2 is 1.50 bits per heavy atom. The number of nitrogens with one attached hydrogen (secondary N) is 1. The molecule has 0 atom stereocenters. The summed E-state index contributed by atoms with van der Waals surface area (Å²) in [6, 6.07) is 0. The molecule has 1 aromatic heterocycles. The maximum atomic E-state index is 8.88. The maximum absolute atomic E-state index is 8.88. The van der Waals surface area contributed by atoms with E-state index in [9.17, 15) is 0 Å². The van der Waals surface area contributed by atoms with Crippen molar-refractivity contribution >= 4 is 5.95 Å². The Labute approximate surface area is 107 Å². The van der Waals surface area contributed by atoms with Crippen LogP contribution in [0.2, 0.25) is 0 Å². The van der Waals surface area contributed by atoms with Crippen LogP contribution in [0.4, 0.5) is 5.95 Å². The quantitative estimate of drug-likeness (QED) is 0.559. The van der Waals surface area contributed by atoms with E-state index in [1.807, 2.05) is 18.7 Å². The van der Waals surface area contributed by atoms with Crippen molar-refractivity contribution in [2.24, 2.45) is 0 Å². The molecule has 7 nitrogen and oxygen atoms in total. The SMILES string of the molecule is Cc1nc(C)nc(NCCN(CCO)CCO)n1. The molecule has 0 spiro atoms. The Hall–Kier alpha value is -1.31. The summed E-state index contributed by atoms with van der Waals surface area (Å²) in [5.74, 6) is 1.94. The fourth-order valence-electron chi connectivity index (χ4n) is 1.64. The topological polar surface area (TPSA) is 94.4 Å². The predicted octanol–water partition coefficient (Wildman–Crippen LogP) is -0.813. The first-order valence-electron chi connectivity index (χ1n) is 6.03. The van der Waals surface area contributed by atoms with Crippen LogP contribution in [0.3, 0.4) is 0 Å². The van der Waals surface area contributed by atoms with Gasteiger partial charge in [0.1, 0.15) is 11.6 Å². The minimum Gasteiger partial charge on any atom is -0.395 e. The number of anilines is 1. The number of rotatable bonds is 8. The molecule has 0 bridgehead atoms. The first kappa shape index (κ1) is 14.7. The lowest BCUT2D eigenvalue weighted by atomic mass is 10.4. The summed E-state index contributed by atoms with van der Waals surface area (Å²) in [6.07, 6.45) is 0. The van der Waals surface area contributed by atoms with Gasteiger partial charge in [-0.05, 0) is 13.8 Å². The van der Waals surface area contributed by atoms with Crippen molar-refractivity contribution in [3.63, 3.8) is 0 Å². The third-order valence-electron chi connectivity index (χ3n) is 2.40. The van der Waals surface area contributed by atoms with E-state index in [0.29, 0.717) is 43.8 Å². The number of aryl methyl sites for hydroxylation is 2. The van der Waals surface area contributed by atoms with Gasteiger partial charge in [-0.2, -0.15) is 9.97 Å². The average molecular weight is 255 g/mol. The van der Waals surface area contributed by atoms with Gasteiger partial charge in [0.2, 0.25) is 5.95 Å². The van der Waals surface area contributed by atoms with Gasteiger partial charge in [0.05, 0.1) is 13.2 Å². The normalized spacial score (nSPS) is 10.9. The van der Waals surface area contributed by atoms with Crippen LogP contribution in [0.15, 0.2) is 0 Å². The maximum Gasteiger partial charge on any atom is 0.226 e. The van der Waals surface area contributed by atoms with Gasteiger partial charge in [-0.1, -0.05) is 0 Å². The smallest absolute Gasteiger partial charge is 0.226 e. The van der Waals surface area contributed by atoms with Crippen LogP contribution in [0.25, 0.3) is 0 Å². The molecule has 0 aliphatic carbocycles. The lowest BCUT2D eigenvalue weighted by Gasteiger charge is -2.20. The molecule has 0 saturated carbocycles. The highest BCUT2D eigenvalue weighted by molar-refractivity contribution is 5.23. The molecular weight excluding hydrogens is 234 g/mol. The number of hydrogen-bond acceptors (Lipinski definition) is 7. The Bertz CT molecular complexity index is 335. The second kappa shape index (κ2) is 7.91. The van der Waals surface area contributed by atoms with Crippen molar-refractivity contribution in [3.05, 3.63) is 11.6 Å². The summed E-state index contributed by atoms with van der Waals surface area (Å²) in [7, 11) is 0. The predicted molar refractivity (Wildman–Crippen MR) is 68.4 cm³/mol. The lowest BCUT2D eigenvalue weighted by Crippen LogP contribution is -2.34. The highest BCUT2D eigenvalue weighted by atomic mass is 16.3. The molecule has 0 saturated heterocycles. The summed E-state index contributed by atoms with van der Waals surface area (Å²) >= 11 is 0. The summed E-state index contributed by atoms with van der Waals surface area (Å²) in [5, 5.41) is 20.9. The average Bonchev–Trinajstić information content (AvgIpc) is 2.28. The molecule has 0 aliphatic heterocycles. The Kier molecular flexibility index (Phi) is 6.48. The summed E-state index contributed by atoms with van der Waals surface area (Å²) in [6.45, 7) is 6.30. The van der Waals surface area contributed by atoms with Crippen LogP contribution in [0, 0.1) is 13.8 Å². The highest BCUT2D eigenvalue weighted by Gasteiger charge is 2.04. The van der Waals surface area contributed by atoms with E-state index in [1.54, 1.807) is 0 Å². The van der Waals surface area contributed by atoms with E-state index < -0.39 is 0 Å². The van der Waals surface area contributed by atoms with E-state index in [1.165, 1.54) is 0 Å². The summed E-state index contributed by atoms with van der Waals surface area (Å²) < 4.78 is 0. The molecule has 0 aromatic carbocycles. The third-order valence-corrected chi connectivity index (χ3v) is 2.40. The highest BCUT2D eigenvalue weighted by Crippen LogP contribution is 1.99. The molecule has 3 N–H and O–H groups in total. The zero-order valence-electron chi connectivity index (χ0n) is 10.9. The van der Waals surface area contributed by atoms with Gasteiger partial charge in [-0.3, -0.25) is 4.90 Å². The van der Waals surface area contributed by atoms with Crippen molar-refractivity contribution in [1.29, 1.82) is 0 Å². The molecule has 0 amide bonds. The van der Waals surface area contributed by atoms with Crippen molar-refractivity contribution in [3.8, 4) is 0 Å². The molecule has 0 unspecified atom stereocenters. The molecule has 102 valence electrons. The Balaban J connectivity index is 2.39. The molecule has 1 heterocycles. The van der Waals surface area contributed by atoms with Crippen molar-refractivity contribution in [1.82, 2.24) is 19.9 Å². The molecular formula is C11H21N5O2. The Morgan fingerprint density at radius 3 is 2.00 bits per heavy atom. The minimum absolute atomic E-state index is 0.0873. The standard InChI is InChI=1S/C11H21N5O2/c1-9-13-10(2)15-11(14-9)12-3-4-16(5-7-17)6-8-18/h17-18H,3-8H2,1-2H3,(H,12,13,14,15). The van der Waals surface area contributed by atoms with E-state index >= 15 is 0 Å². The largest absolute Gasteiger partial charge is 0.395 e. The third kappa shape index (κ3) is 5.35. The fraction of sp³-hybridized carbons (Fsp3) is 0.727. The van der Waals surface area contributed by atoms with Crippen LogP contribution in [0.1, 0.15) is 11.6 Å².